The normalized spacial score (nSPS) is 13.1. The van der Waals surface area contributed by atoms with Crippen LogP contribution in [0.25, 0.3) is 11.1 Å². The van der Waals surface area contributed by atoms with Crippen molar-refractivity contribution in [2.24, 2.45) is 5.92 Å². The molecule has 2 aromatic carbocycles. The van der Waals surface area contributed by atoms with Gasteiger partial charge in [-0.1, -0.05) is 70.7 Å². The highest BCUT2D eigenvalue weighted by Crippen LogP contribution is 2.25. The second kappa shape index (κ2) is 13.3. The summed E-state index contributed by atoms with van der Waals surface area (Å²) in [7, 11) is 0. The monoisotopic (exact) mass is 396 g/mol. The van der Waals surface area contributed by atoms with Crippen molar-refractivity contribution in [1.29, 1.82) is 0 Å². The van der Waals surface area contributed by atoms with E-state index in [1.165, 1.54) is 49.7 Å². The topological polar surface area (TPSA) is 18.5 Å². The van der Waals surface area contributed by atoms with Gasteiger partial charge in [0.15, 0.2) is 0 Å². The smallest absolute Gasteiger partial charge is 0.119 e. The molecule has 0 spiro atoms. The lowest BCUT2D eigenvalue weighted by atomic mass is 10.0. The van der Waals surface area contributed by atoms with Crippen molar-refractivity contribution < 1.29 is 9.47 Å². The Morgan fingerprint density at radius 2 is 1.31 bits per heavy atom. The van der Waals surface area contributed by atoms with Crippen LogP contribution in [0.15, 0.2) is 48.5 Å². The Labute approximate surface area is 178 Å². The molecule has 0 aliphatic heterocycles. The van der Waals surface area contributed by atoms with E-state index in [9.17, 15) is 0 Å². The number of hydrogen-bond acceptors (Lipinski definition) is 2. The minimum Gasteiger partial charge on any atom is -0.494 e. The molecule has 2 rings (SSSR count). The third-order valence-corrected chi connectivity index (χ3v) is 5.65. The summed E-state index contributed by atoms with van der Waals surface area (Å²) in [5.41, 5.74) is 2.41. The molecule has 0 amide bonds. The minimum atomic E-state index is 0.273. The molecule has 0 saturated heterocycles. The lowest BCUT2D eigenvalue weighted by Crippen LogP contribution is -2.11. The molecule has 160 valence electrons. The first-order chi connectivity index (χ1) is 14.1. The minimum absolute atomic E-state index is 0.273. The molecule has 0 saturated carbocycles. The second-order valence-electron chi connectivity index (χ2n) is 8.33. The highest BCUT2D eigenvalue weighted by Gasteiger charge is 2.05. The van der Waals surface area contributed by atoms with Crippen LogP contribution in [0, 0.1) is 5.92 Å². The fraction of sp³-hybridized carbons (Fsp3) is 0.556. The molecule has 0 bridgehead atoms. The van der Waals surface area contributed by atoms with Crippen molar-refractivity contribution in [3.05, 3.63) is 48.5 Å². The standard InChI is InChI=1S/C27H40O2/c1-5-7-8-9-12-23(4)29-27-19-15-25(16-20-27)24-13-17-26(18-14-24)28-21-10-11-22(3)6-2/h13-20,22-23H,5-12,21H2,1-4H3/t22-,23+/m0/s1. The largest absolute Gasteiger partial charge is 0.494 e. The third kappa shape index (κ3) is 8.94. The van der Waals surface area contributed by atoms with Crippen LogP contribution in [0.4, 0.5) is 0 Å². The van der Waals surface area contributed by atoms with E-state index in [-0.39, 0.29) is 6.10 Å². The Kier molecular flexibility index (Phi) is 10.7. The number of rotatable bonds is 14. The van der Waals surface area contributed by atoms with Gasteiger partial charge in [-0.2, -0.15) is 0 Å². The average molecular weight is 397 g/mol. The van der Waals surface area contributed by atoms with Gasteiger partial charge in [0.25, 0.3) is 0 Å². The van der Waals surface area contributed by atoms with Crippen LogP contribution in [0.3, 0.4) is 0 Å². The lowest BCUT2D eigenvalue weighted by molar-refractivity contribution is 0.206. The molecule has 2 nitrogen and oxygen atoms in total. The molecule has 0 N–H and O–H groups in total. The highest BCUT2D eigenvalue weighted by atomic mass is 16.5. The van der Waals surface area contributed by atoms with Crippen molar-refractivity contribution in [2.75, 3.05) is 6.61 Å². The van der Waals surface area contributed by atoms with Crippen molar-refractivity contribution in [3.8, 4) is 22.6 Å². The van der Waals surface area contributed by atoms with Gasteiger partial charge < -0.3 is 9.47 Å². The van der Waals surface area contributed by atoms with E-state index < -0.39 is 0 Å². The van der Waals surface area contributed by atoms with Crippen molar-refractivity contribution in [1.82, 2.24) is 0 Å². The zero-order chi connectivity index (χ0) is 20.9. The van der Waals surface area contributed by atoms with Crippen LogP contribution in [0.5, 0.6) is 11.5 Å². The number of benzene rings is 2. The lowest BCUT2D eigenvalue weighted by Gasteiger charge is -2.15. The first-order valence-electron chi connectivity index (χ1n) is 11.6. The van der Waals surface area contributed by atoms with Crippen LogP contribution >= 0.6 is 0 Å². The van der Waals surface area contributed by atoms with Crippen LogP contribution in [-0.4, -0.2) is 12.7 Å². The number of ether oxygens (including phenoxy) is 2. The first-order valence-corrected chi connectivity index (χ1v) is 11.6. The summed E-state index contributed by atoms with van der Waals surface area (Å²) in [6, 6.07) is 16.9. The predicted molar refractivity (Wildman–Crippen MR) is 125 cm³/mol. The molecule has 0 fully saturated rings. The zero-order valence-corrected chi connectivity index (χ0v) is 19.0. The predicted octanol–water partition coefficient (Wildman–Crippen LogP) is 8.30. The molecule has 0 aliphatic carbocycles. The first kappa shape index (κ1) is 23.3. The van der Waals surface area contributed by atoms with Gasteiger partial charge in [-0.25, -0.2) is 0 Å². The van der Waals surface area contributed by atoms with Gasteiger partial charge in [-0.05, 0) is 73.9 Å². The molecule has 0 radical (unpaired) electrons. The van der Waals surface area contributed by atoms with Gasteiger partial charge in [-0.15, -0.1) is 0 Å². The maximum atomic E-state index is 6.06. The van der Waals surface area contributed by atoms with E-state index in [0.717, 1.165) is 36.9 Å². The van der Waals surface area contributed by atoms with Gasteiger partial charge in [-0.3, -0.25) is 0 Å². The summed E-state index contributed by atoms with van der Waals surface area (Å²) in [6.45, 7) is 9.77. The maximum Gasteiger partial charge on any atom is 0.119 e. The van der Waals surface area contributed by atoms with Gasteiger partial charge in [0.05, 0.1) is 12.7 Å². The van der Waals surface area contributed by atoms with Gasteiger partial charge in [0.1, 0.15) is 11.5 Å². The molecule has 0 unspecified atom stereocenters. The Bertz CT molecular complexity index is 660. The fourth-order valence-corrected chi connectivity index (χ4v) is 3.45. The molecule has 2 heteroatoms. The van der Waals surface area contributed by atoms with Crippen LogP contribution in [0.1, 0.15) is 79.1 Å². The van der Waals surface area contributed by atoms with E-state index in [2.05, 4.69) is 76.2 Å². The van der Waals surface area contributed by atoms with Gasteiger partial charge >= 0.3 is 0 Å². The van der Waals surface area contributed by atoms with Gasteiger partial charge in [0.2, 0.25) is 0 Å². The molecule has 2 atom stereocenters. The maximum absolute atomic E-state index is 6.06. The second-order valence-corrected chi connectivity index (χ2v) is 8.33. The fourth-order valence-electron chi connectivity index (χ4n) is 3.45. The molecule has 29 heavy (non-hydrogen) atoms. The summed E-state index contributed by atoms with van der Waals surface area (Å²) >= 11 is 0. The molecular formula is C27H40O2. The van der Waals surface area contributed by atoms with Crippen LogP contribution in [0.2, 0.25) is 0 Å². The van der Waals surface area contributed by atoms with Crippen LogP contribution in [-0.2, 0) is 0 Å². The van der Waals surface area contributed by atoms with Crippen LogP contribution < -0.4 is 9.47 Å². The molecule has 0 aliphatic rings. The molecule has 2 aromatic rings. The highest BCUT2D eigenvalue weighted by molar-refractivity contribution is 5.64. The van der Waals surface area contributed by atoms with Gasteiger partial charge in [0, 0.05) is 0 Å². The molecular weight excluding hydrogens is 356 g/mol. The van der Waals surface area contributed by atoms with E-state index in [0.29, 0.717) is 0 Å². The van der Waals surface area contributed by atoms with E-state index in [4.69, 9.17) is 9.47 Å². The summed E-state index contributed by atoms with van der Waals surface area (Å²) in [5.74, 6) is 2.70. The van der Waals surface area contributed by atoms with E-state index >= 15 is 0 Å². The third-order valence-electron chi connectivity index (χ3n) is 5.65. The molecule has 0 heterocycles. The average Bonchev–Trinajstić information content (AvgIpc) is 2.75. The van der Waals surface area contributed by atoms with E-state index in [1.54, 1.807) is 0 Å². The summed E-state index contributed by atoms with van der Waals surface area (Å²) < 4.78 is 11.9. The quantitative estimate of drug-likeness (QED) is 0.299. The molecule has 0 aromatic heterocycles. The summed E-state index contributed by atoms with van der Waals surface area (Å²) in [5, 5.41) is 0. The number of hydrogen-bond donors (Lipinski definition) is 0. The number of unbranched alkanes of at least 4 members (excludes halogenated alkanes) is 3. The van der Waals surface area contributed by atoms with E-state index in [1.807, 2.05) is 0 Å². The van der Waals surface area contributed by atoms with Crippen molar-refractivity contribution in [2.45, 2.75) is 85.2 Å². The Morgan fingerprint density at radius 1 is 0.690 bits per heavy atom. The Morgan fingerprint density at radius 3 is 1.90 bits per heavy atom. The van der Waals surface area contributed by atoms with Crippen molar-refractivity contribution >= 4 is 0 Å². The summed E-state index contributed by atoms with van der Waals surface area (Å²) in [4.78, 5) is 0. The Hall–Kier alpha value is -1.96. The Balaban J connectivity index is 1.78. The zero-order valence-electron chi connectivity index (χ0n) is 19.0. The van der Waals surface area contributed by atoms with Crippen molar-refractivity contribution in [3.63, 3.8) is 0 Å². The summed E-state index contributed by atoms with van der Waals surface area (Å²) in [6.07, 6.45) is 10.2. The SMILES string of the molecule is CCCCCC[C@@H](C)Oc1ccc(-c2ccc(OCCC[C@@H](C)CC)cc2)cc1.